The fraction of sp³-hybridized carbons (Fsp3) is 0.545. The summed E-state index contributed by atoms with van der Waals surface area (Å²) in [5.41, 5.74) is 3.11. The van der Waals surface area contributed by atoms with Crippen molar-refractivity contribution >= 4 is 11.8 Å². The first kappa shape index (κ1) is 12.7. The van der Waals surface area contributed by atoms with E-state index in [1.165, 1.54) is 6.92 Å². The van der Waals surface area contributed by atoms with Gasteiger partial charge in [-0.2, -0.15) is 0 Å². The van der Waals surface area contributed by atoms with Gasteiger partial charge in [0, 0.05) is 12.5 Å². The van der Waals surface area contributed by atoms with Crippen molar-refractivity contribution < 1.29 is 14.3 Å². The van der Waals surface area contributed by atoms with E-state index in [-0.39, 0.29) is 18.3 Å². The van der Waals surface area contributed by atoms with Gasteiger partial charge in [0.2, 0.25) is 5.78 Å². The molecule has 0 aromatic carbocycles. The molecule has 0 saturated carbocycles. The van der Waals surface area contributed by atoms with Crippen LogP contribution in [0.15, 0.2) is 17.9 Å². The Kier molecular flexibility index (Phi) is 5.58. The predicted octanol–water partition coefficient (Wildman–Crippen LogP) is 1.88. The van der Waals surface area contributed by atoms with Gasteiger partial charge in [0.05, 0.1) is 0 Å². The van der Waals surface area contributed by atoms with Crippen LogP contribution < -0.4 is 0 Å². The van der Waals surface area contributed by atoms with Crippen LogP contribution in [0.4, 0.5) is 0 Å². The van der Waals surface area contributed by atoms with Crippen LogP contribution in [0.3, 0.4) is 0 Å². The van der Waals surface area contributed by atoms with Gasteiger partial charge in [-0.05, 0) is 12.3 Å². The fourth-order valence-electron chi connectivity index (χ4n) is 0.997. The number of hydrogen-bond donors (Lipinski definition) is 0. The van der Waals surface area contributed by atoms with Gasteiger partial charge < -0.3 is 4.74 Å². The van der Waals surface area contributed by atoms with Gasteiger partial charge in [-0.25, -0.2) is 0 Å². The summed E-state index contributed by atoms with van der Waals surface area (Å²) in [6, 6.07) is 0. The van der Waals surface area contributed by atoms with Gasteiger partial charge >= 0.3 is 5.97 Å². The average Bonchev–Trinajstić information content (AvgIpc) is 2.15. The lowest BCUT2D eigenvalue weighted by atomic mass is 9.96. The van der Waals surface area contributed by atoms with Crippen LogP contribution in [0, 0.1) is 5.92 Å². The summed E-state index contributed by atoms with van der Waals surface area (Å²) in [6.07, 6.45) is 0.837. The Balaban J connectivity index is 4.35. The fourth-order valence-corrected chi connectivity index (χ4v) is 0.997. The van der Waals surface area contributed by atoms with Crippen molar-refractivity contribution in [2.45, 2.75) is 27.2 Å². The molecule has 78 valence electrons. The molecule has 0 spiro atoms. The molecule has 0 radical (unpaired) electrons. The normalized spacial score (nSPS) is 11.4. The zero-order valence-electron chi connectivity index (χ0n) is 8.92. The molecule has 0 rings (SSSR count). The highest BCUT2D eigenvalue weighted by Gasteiger charge is 2.15. The standard InChI is InChI=1S/C11H16O3/c1-5-8(3)10(6-2)11(13)7-14-9(4)12/h8H,2,5,7H2,1,3-4H3. The summed E-state index contributed by atoms with van der Waals surface area (Å²) >= 11 is 0. The Hall–Kier alpha value is -1.34. The summed E-state index contributed by atoms with van der Waals surface area (Å²) in [6.45, 7) is 8.40. The Labute approximate surface area is 84.4 Å². The lowest BCUT2D eigenvalue weighted by Crippen LogP contribution is -2.17. The van der Waals surface area contributed by atoms with E-state index >= 15 is 0 Å². The molecular weight excluding hydrogens is 180 g/mol. The molecule has 0 aliphatic rings. The summed E-state index contributed by atoms with van der Waals surface area (Å²) in [4.78, 5) is 21.9. The maximum absolute atomic E-state index is 11.5. The quantitative estimate of drug-likeness (QED) is 0.383. The summed E-state index contributed by atoms with van der Waals surface area (Å²) in [7, 11) is 0. The summed E-state index contributed by atoms with van der Waals surface area (Å²) < 4.78 is 4.60. The number of ether oxygens (including phenoxy) is 1. The maximum Gasteiger partial charge on any atom is 0.303 e. The van der Waals surface area contributed by atoms with Crippen molar-refractivity contribution in [3.63, 3.8) is 0 Å². The van der Waals surface area contributed by atoms with Crippen molar-refractivity contribution in [3.8, 4) is 0 Å². The number of carbonyl (C=O) groups excluding carboxylic acids is 2. The maximum atomic E-state index is 11.5. The molecule has 3 heteroatoms. The SMILES string of the molecule is C=C=C(C(=O)COC(C)=O)C(C)CC. The Morgan fingerprint density at radius 3 is 2.43 bits per heavy atom. The van der Waals surface area contributed by atoms with Gasteiger partial charge in [0.25, 0.3) is 0 Å². The van der Waals surface area contributed by atoms with E-state index in [1.807, 2.05) is 13.8 Å². The largest absolute Gasteiger partial charge is 0.457 e. The molecule has 0 saturated heterocycles. The lowest BCUT2D eigenvalue weighted by molar-refractivity contribution is -0.144. The Bertz CT molecular complexity index is 272. The van der Waals surface area contributed by atoms with Crippen molar-refractivity contribution in [1.82, 2.24) is 0 Å². The van der Waals surface area contributed by atoms with Gasteiger partial charge in [-0.3, -0.25) is 9.59 Å². The first-order valence-corrected chi connectivity index (χ1v) is 4.59. The van der Waals surface area contributed by atoms with Crippen LogP contribution in [-0.4, -0.2) is 18.4 Å². The van der Waals surface area contributed by atoms with E-state index < -0.39 is 5.97 Å². The first-order valence-electron chi connectivity index (χ1n) is 4.59. The Morgan fingerprint density at radius 1 is 1.50 bits per heavy atom. The molecule has 0 N–H and O–H groups in total. The second kappa shape index (κ2) is 6.17. The van der Waals surface area contributed by atoms with Gasteiger partial charge in [0.15, 0.2) is 6.61 Å². The number of Topliss-reactive ketones (excluding diaryl/α,β-unsaturated/α-hetero) is 1. The molecule has 0 amide bonds. The number of hydrogen-bond acceptors (Lipinski definition) is 3. The minimum atomic E-state index is -0.453. The molecule has 0 bridgehead atoms. The first-order chi connectivity index (χ1) is 6.52. The highest BCUT2D eigenvalue weighted by atomic mass is 16.5. The van der Waals surface area contributed by atoms with Crippen LogP contribution in [0.5, 0.6) is 0 Å². The molecule has 0 fully saturated rings. The van der Waals surface area contributed by atoms with Crippen molar-refractivity contribution in [1.29, 1.82) is 0 Å². The van der Waals surface area contributed by atoms with E-state index in [4.69, 9.17) is 0 Å². The molecule has 0 aliphatic carbocycles. The predicted molar refractivity (Wildman–Crippen MR) is 53.7 cm³/mol. The molecule has 0 aromatic heterocycles. The highest BCUT2D eigenvalue weighted by molar-refractivity contribution is 5.97. The molecule has 0 aliphatic heterocycles. The molecule has 14 heavy (non-hydrogen) atoms. The lowest BCUT2D eigenvalue weighted by Gasteiger charge is -2.10. The highest BCUT2D eigenvalue weighted by Crippen LogP contribution is 2.13. The minimum Gasteiger partial charge on any atom is -0.457 e. The van der Waals surface area contributed by atoms with E-state index in [1.54, 1.807) is 0 Å². The number of carbonyl (C=O) groups is 2. The topological polar surface area (TPSA) is 43.4 Å². The summed E-state index contributed by atoms with van der Waals surface area (Å²) in [5, 5.41) is 0. The third kappa shape index (κ3) is 4.06. The number of rotatable bonds is 5. The van der Waals surface area contributed by atoms with E-state index in [9.17, 15) is 9.59 Å². The zero-order valence-corrected chi connectivity index (χ0v) is 8.92. The smallest absolute Gasteiger partial charge is 0.303 e. The number of ketones is 1. The molecule has 0 aromatic rings. The number of esters is 1. The molecule has 1 unspecified atom stereocenters. The van der Waals surface area contributed by atoms with Crippen molar-refractivity contribution in [3.05, 3.63) is 17.9 Å². The van der Waals surface area contributed by atoms with Crippen LogP contribution in [0.1, 0.15) is 27.2 Å². The molecule has 3 nitrogen and oxygen atoms in total. The molecule has 1 atom stereocenters. The van der Waals surface area contributed by atoms with Gasteiger partial charge in [0.1, 0.15) is 0 Å². The molecule has 0 heterocycles. The van der Waals surface area contributed by atoms with Crippen LogP contribution in [0.25, 0.3) is 0 Å². The second-order valence-electron chi connectivity index (χ2n) is 3.10. The third-order valence-electron chi connectivity index (χ3n) is 2.00. The second-order valence-corrected chi connectivity index (χ2v) is 3.10. The summed E-state index contributed by atoms with van der Waals surface area (Å²) in [5.74, 6) is -0.564. The zero-order chi connectivity index (χ0) is 11.1. The minimum absolute atomic E-state index is 0.107. The average molecular weight is 196 g/mol. The van der Waals surface area contributed by atoms with E-state index in [0.717, 1.165) is 6.42 Å². The van der Waals surface area contributed by atoms with Crippen LogP contribution >= 0.6 is 0 Å². The van der Waals surface area contributed by atoms with Crippen LogP contribution in [-0.2, 0) is 14.3 Å². The third-order valence-corrected chi connectivity index (χ3v) is 2.00. The van der Waals surface area contributed by atoms with E-state index in [0.29, 0.717) is 5.57 Å². The van der Waals surface area contributed by atoms with Crippen molar-refractivity contribution in [2.24, 2.45) is 5.92 Å². The van der Waals surface area contributed by atoms with Crippen molar-refractivity contribution in [2.75, 3.05) is 6.61 Å². The van der Waals surface area contributed by atoms with E-state index in [2.05, 4.69) is 17.0 Å². The van der Waals surface area contributed by atoms with Gasteiger partial charge in [-0.15, -0.1) is 5.73 Å². The van der Waals surface area contributed by atoms with Gasteiger partial charge in [-0.1, -0.05) is 20.4 Å². The molecular formula is C11H16O3. The Morgan fingerprint density at radius 2 is 2.07 bits per heavy atom. The van der Waals surface area contributed by atoms with Crippen LogP contribution in [0.2, 0.25) is 0 Å². The monoisotopic (exact) mass is 196 g/mol.